The highest BCUT2D eigenvalue weighted by molar-refractivity contribution is 6.30. The zero-order chi connectivity index (χ0) is 16.0. The first kappa shape index (κ1) is 18.7. The number of alkyl carbamates (subject to hydrolysis) is 1. The lowest BCUT2D eigenvalue weighted by molar-refractivity contribution is -0.142. The standard InChI is InChI=1S/C11H6ClF6NO2.ClH/c12-5-2-1-4(11(16,17)18)6(7(5)13)8-10(14,15)3-21-9(20)19-8;/h1-2,8H,3H2,(H,19,20);1H/t8-;/m1./s1. The lowest BCUT2D eigenvalue weighted by Crippen LogP contribution is -2.50. The van der Waals surface area contributed by atoms with E-state index in [1.807, 2.05) is 0 Å². The summed E-state index contributed by atoms with van der Waals surface area (Å²) in [5.41, 5.74) is -3.06. The molecule has 0 bridgehead atoms. The Bertz CT molecular complexity index is 593. The fraction of sp³-hybridized carbons (Fsp3) is 0.364. The number of halogens is 8. The highest BCUT2D eigenvalue weighted by Crippen LogP contribution is 2.43. The van der Waals surface area contributed by atoms with Crippen LogP contribution < -0.4 is 5.32 Å². The normalized spacial score (nSPS) is 20.7. The van der Waals surface area contributed by atoms with Crippen LogP contribution in [-0.2, 0) is 10.9 Å². The van der Waals surface area contributed by atoms with Gasteiger partial charge in [0.15, 0.2) is 6.61 Å². The van der Waals surface area contributed by atoms with Crippen molar-refractivity contribution in [1.29, 1.82) is 0 Å². The third-order valence-corrected chi connectivity index (χ3v) is 3.10. The molecule has 22 heavy (non-hydrogen) atoms. The first-order valence-electron chi connectivity index (χ1n) is 5.40. The SMILES string of the molecule is Cl.O=C1N[C@H](c2c(C(F)(F)F)ccc(Cl)c2F)C(F)(F)CO1. The van der Waals surface area contributed by atoms with Crippen molar-refractivity contribution in [2.24, 2.45) is 0 Å². The van der Waals surface area contributed by atoms with Crippen molar-refractivity contribution >= 4 is 30.1 Å². The van der Waals surface area contributed by atoms with Gasteiger partial charge < -0.3 is 10.1 Å². The third-order valence-electron chi connectivity index (χ3n) is 2.81. The molecule has 1 atom stereocenters. The van der Waals surface area contributed by atoms with Crippen molar-refractivity contribution in [2.75, 3.05) is 6.61 Å². The number of amides is 1. The van der Waals surface area contributed by atoms with Crippen molar-refractivity contribution < 1.29 is 35.9 Å². The monoisotopic (exact) mass is 369 g/mol. The number of benzene rings is 1. The molecule has 1 aromatic carbocycles. The summed E-state index contributed by atoms with van der Waals surface area (Å²) in [5, 5.41) is 0.725. The van der Waals surface area contributed by atoms with Crippen molar-refractivity contribution in [1.82, 2.24) is 5.32 Å². The van der Waals surface area contributed by atoms with Gasteiger partial charge in [0.1, 0.15) is 11.9 Å². The Morgan fingerprint density at radius 3 is 2.45 bits per heavy atom. The van der Waals surface area contributed by atoms with Crippen LogP contribution in [-0.4, -0.2) is 18.6 Å². The van der Waals surface area contributed by atoms with Crippen LogP contribution in [0.15, 0.2) is 12.1 Å². The van der Waals surface area contributed by atoms with Gasteiger partial charge in [-0.25, -0.2) is 18.0 Å². The number of nitrogens with one attached hydrogen (secondary N) is 1. The van der Waals surface area contributed by atoms with Gasteiger partial charge in [-0.15, -0.1) is 12.4 Å². The maximum atomic E-state index is 13.9. The molecule has 0 spiro atoms. The molecule has 1 heterocycles. The minimum atomic E-state index is -5.10. The maximum absolute atomic E-state index is 13.9. The van der Waals surface area contributed by atoms with Gasteiger partial charge in [-0.2, -0.15) is 13.2 Å². The zero-order valence-corrected chi connectivity index (χ0v) is 11.9. The molecule has 1 fully saturated rings. The van der Waals surface area contributed by atoms with E-state index in [0.29, 0.717) is 12.1 Å². The van der Waals surface area contributed by atoms with E-state index >= 15 is 0 Å². The summed E-state index contributed by atoms with van der Waals surface area (Å²) in [4.78, 5) is 11.0. The van der Waals surface area contributed by atoms with Gasteiger partial charge in [-0.05, 0) is 12.1 Å². The Kier molecular flexibility index (Phi) is 5.13. The summed E-state index contributed by atoms with van der Waals surface area (Å²) < 4.78 is 83.9. The van der Waals surface area contributed by atoms with Crippen molar-refractivity contribution in [2.45, 2.75) is 18.1 Å². The van der Waals surface area contributed by atoms with Gasteiger partial charge in [-0.1, -0.05) is 11.6 Å². The van der Waals surface area contributed by atoms with Gasteiger partial charge in [0, 0.05) is 5.56 Å². The molecule has 1 aliphatic heterocycles. The first-order valence-corrected chi connectivity index (χ1v) is 5.78. The third kappa shape index (κ3) is 3.35. The highest BCUT2D eigenvalue weighted by Gasteiger charge is 2.51. The van der Waals surface area contributed by atoms with Gasteiger partial charge in [0.2, 0.25) is 0 Å². The zero-order valence-electron chi connectivity index (χ0n) is 10.3. The average Bonchev–Trinajstić information content (AvgIpc) is 2.34. The molecular weight excluding hydrogens is 363 g/mol. The van der Waals surface area contributed by atoms with Gasteiger partial charge >= 0.3 is 18.2 Å². The van der Waals surface area contributed by atoms with Crippen molar-refractivity contribution in [3.05, 3.63) is 34.1 Å². The average molecular weight is 370 g/mol. The molecular formula is C11H7Cl2F6NO2. The van der Waals surface area contributed by atoms with Gasteiger partial charge in [0.25, 0.3) is 0 Å². The Hall–Kier alpha value is -1.35. The molecule has 3 nitrogen and oxygen atoms in total. The molecule has 1 aliphatic rings. The number of rotatable bonds is 1. The topological polar surface area (TPSA) is 38.3 Å². The van der Waals surface area contributed by atoms with E-state index in [-0.39, 0.29) is 12.4 Å². The number of carbonyl (C=O) groups is 1. The molecule has 0 aromatic heterocycles. The second-order valence-corrected chi connectivity index (χ2v) is 4.64. The summed E-state index contributed by atoms with van der Waals surface area (Å²) in [6.45, 7) is -1.47. The van der Waals surface area contributed by atoms with Crippen molar-refractivity contribution in [3.8, 4) is 0 Å². The molecule has 0 aliphatic carbocycles. The molecule has 0 radical (unpaired) electrons. The Morgan fingerprint density at radius 1 is 1.32 bits per heavy atom. The number of hydrogen-bond acceptors (Lipinski definition) is 2. The molecule has 1 amide bonds. The Morgan fingerprint density at radius 2 is 1.91 bits per heavy atom. The molecule has 0 saturated carbocycles. The first-order chi connectivity index (χ1) is 9.54. The lowest BCUT2D eigenvalue weighted by Gasteiger charge is -2.33. The molecule has 11 heteroatoms. The molecule has 1 saturated heterocycles. The summed E-state index contributed by atoms with van der Waals surface area (Å²) >= 11 is 5.35. The number of alkyl halides is 5. The molecule has 124 valence electrons. The van der Waals surface area contributed by atoms with Crippen LogP contribution in [0.1, 0.15) is 17.2 Å². The van der Waals surface area contributed by atoms with E-state index in [1.54, 1.807) is 0 Å². The van der Waals surface area contributed by atoms with Crippen LogP contribution in [0.25, 0.3) is 0 Å². The number of cyclic esters (lactones) is 1. The molecule has 0 unspecified atom stereocenters. The number of ether oxygens (including phenoxy) is 1. The van der Waals surface area contributed by atoms with Crippen LogP contribution in [0.3, 0.4) is 0 Å². The second-order valence-electron chi connectivity index (χ2n) is 4.23. The largest absolute Gasteiger partial charge is 0.443 e. The lowest BCUT2D eigenvalue weighted by atomic mass is 9.94. The second kappa shape index (κ2) is 6.04. The number of carbonyl (C=O) groups excluding carboxylic acids is 1. The Balaban J connectivity index is 0.00000242. The van der Waals surface area contributed by atoms with E-state index in [4.69, 9.17) is 11.6 Å². The fourth-order valence-corrected chi connectivity index (χ4v) is 2.05. The predicted molar refractivity (Wildman–Crippen MR) is 65.8 cm³/mol. The molecule has 1 aromatic rings. The quantitative estimate of drug-likeness (QED) is 0.748. The summed E-state index contributed by atoms with van der Waals surface area (Å²) in [6, 6.07) is -1.56. The van der Waals surface area contributed by atoms with E-state index in [9.17, 15) is 31.1 Å². The van der Waals surface area contributed by atoms with Gasteiger partial charge in [-0.3, -0.25) is 0 Å². The summed E-state index contributed by atoms with van der Waals surface area (Å²) in [5.74, 6) is -5.60. The van der Waals surface area contributed by atoms with E-state index in [1.165, 1.54) is 5.32 Å². The Labute approximate surface area is 131 Å². The molecule has 2 rings (SSSR count). The highest BCUT2D eigenvalue weighted by atomic mass is 35.5. The van der Waals surface area contributed by atoms with Crippen LogP contribution >= 0.6 is 24.0 Å². The summed E-state index contributed by atoms with van der Waals surface area (Å²) in [7, 11) is 0. The predicted octanol–water partition coefficient (Wildman–Crippen LogP) is 4.34. The van der Waals surface area contributed by atoms with Crippen LogP contribution in [0.5, 0.6) is 0 Å². The minimum absolute atomic E-state index is 0. The van der Waals surface area contributed by atoms with Crippen molar-refractivity contribution in [3.63, 3.8) is 0 Å². The number of hydrogen-bond donors (Lipinski definition) is 1. The van der Waals surface area contributed by atoms with E-state index in [0.717, 1.165) is 0 Å². The molecule has 1 N–H and O–H groups in total. The van der Waals surface area contributed by atoms with E-state index in [2.05, 4.69) is 4.74 Å². The van der Waals surface area contributed by atoms with Crippen LogP contribution in [0.2, 0.25) is 5.02 Å². The smallest absolute Gasteiger partial charge is 0.416 e. The maximum Gasteiger partial charge on any atom is 0.416 e. The van der Waals surface area contributed by atoms with Gasteiger partial charge in [0.05, 0.1) is 10.6 Å². The minimum Gasteiger partial charge on any atom is -0.443 e. The van der Waals surface area contributed by atoms with Crippen LogP contribution in [0, 0.1) is 5.82 Å². The summed E-state index contributed by atoms with van der Waals surface area (Å²) in [6.07, 6.45) is -6.47. The fourth-order valence-electron chi connectivity index (χ4n) is 1.89. The van der Waals surface area contributed by atoms with Crippen LogP contribution in [0.4, 0.5) is 31.1 Å². The van der Waals surface area contributed by atoms with E-state index < -0.39 is 52.8 Å².